The number of thiophene rings is 2. The fourth-order valence-electron chi connectivity index (χ4n) is 2.09. The molecule has 0 aliphatic rings. The molecule has 21 heavy (non-hydrogen) atoms. The molecule has 3 heterocycles. The number of hydrogen-bond donors (Lipinski definition) is 1. The molecule has 0 amide bonds. The van der Waals surface area contributed by atoms with Gasteiger partial charge in [0.1, 0.15) is 4.83 Å². The van der Waals surface area contributed by atoms with Gasteiger partial charge in [0.25, 0.3) is 5.56 Å². The summed E-state index contributed by atoms with van der Waals surface area (Å²) < 4.78 is 0. The molecule has 0 radical (unpaired) electrons. The molecule has 6 heteroatoms. The molecule has 0 aliphatic heterocycles. The third-order valence-corrected chi connectivity index (χ3v) is 5.63. The molecular weight excluding hydrogens is 324 g/mol. The largest absolute Gasteiger partial charge is 0.305 e. The lowest BCUT2D eigenvalue weighted by molar-refractivity contribution is 1.14. The Bertz CT molecular complexity index is 918. The molecule has 0 saturated carbocycles. The summed E-state index contributed by atoms with van der Waals surface area (Å²) in [4.78, 5) is 23.6. The summed E-state index contributed by atoms with van der Waals surface area (Å²) in [5.41, 5.74) is 0.857. The van der Waals surface area contributed by atoms with Crippen molar-refractivity contribution in [2.24, 2.45) is 0 Å². The van der Waals surface area contributed by atoms with Crippen molar-refractivity contribution in [3.8, 4) is 0 Å². The van der Waals surface area contributed by atoms with E-state index < -0.39 is 0 Å². The van der Waals surface area contributed by atoms with Crippen molar-refractivity contribution in [1.29, 1.82) is 0 Å². The van der Waals surface area contributed by atoms with Gasteiger partial charge in [0.2, 0.25) is 0 Å². The SMILES string of the molecule is Cc1ccc(C=C(Cl)c2nc3sc(C)c(C)c3c(=O)[nH]2)s1. The van der Waals surface area contributed by atoms with E-state index in [4.69, 9.17) is 11.6 Å². The van der Waals surface area contributed by atoms with Crippen molar-refractivity contribution in [2.45, 2.75) is 20.8 Å². The summed E-state index contributed by atoms with van der Waals surface area (Å²) in [6.45, 7) is 5.97. The normalized spacial score (nSPS) is 12.3. The second-order valence-corrected chi connectivity index (χ2v) is 7.75. The second-order valence-electron chi connectivity index (χ2n) is 4.82. The number of hydrogen-bond acceptors (Lipinski definition) is 4. The van der Waals surface area contributed by atoms with Crippen LogP contribution in [-0.2, 0) is 0 Å². The second kappa shape index (κ2) is 5.40. The van der Waals surface area contributed by atoms with Crippen LogP contribution >= 0.6 is 34.3 Å². The Labute approximate surface area is 134 Å². The highest BCUT2D eigenvalue weighted by Crippen LogP contribution is 2.28. The number of aromatic amines is 1. The summed E-state index contributed by atoms with van der Waals surface area (Å²) in [5, 5.41) is 1.11. The lowest BCUT2D eigenvalue weighted by Crippen LogP contribution is -2.10. The summed E-state index contributed by atoms with van der Waals surface area (Å²) >= 11 is 9.48. The first-order valence-corrected chi connectivity index (χ1v) is 8.41. The van der Waals surface area contributed by atoms with Crippen LogP contribution in [0, 0.1) is 20.8 Å². The summed E-state index contributed by atoms with van der Waals surface area (Å²) in [6, 6.07) is 4.03. The van der Waals surface area contributed by atoms with Gasteiger partial charge in [-0.25, -0.2) is 4.98 Å². The zero-order chi connectivity index (χ0) is 15.1. The quantitative estimate of drug-likeness (QED) is 0.736. The standard InChI is InChI=1S/C15H13ClN2OS2/c1-7-4-5-10(20-7)6-11(16)13-17-14(19)12-8(2)9(3)21-15(12)18-13/h4-6H,1-3H3,(H,17,18,19). The predicted octanol–water partition coefficient (Wildman–Crippen LogP) is 4.71. The molecule has 0 fully saturated rings. The number of nitrogens with one attached hydrogen (secondary N) is 1. The molecule has 3 aromatic rings. The molecule has 3 aromatic heterocycles. The van der Waals surface area contributed by atoms with Crippen molar-refractivity contribution in [3.05, 3.63) is 48.5 Å². The van der Waals surface area contributed by atoms with Crippen LogP contribution in [0.3, 0.4) is 0 Å². The van der Waals surface area contributed by atoms with Gasteiger partial charge < -0.3 is 4.98 Å². The number of fused-ring (bicyclic) bond motifs is 1. The monoisotopic (exact) mass is 336 g/mol. The van der Waals surface area contributed by atoms with E-state index in [0.29, 0.717) is 16.2 Å². The first kappa shape index (κ1) is 14.5. The number of halogens is 1. The van der Waals surface area contributed by atoms with E-state index in [9.17, 15) is 4.79 Å². The Morgan fingerprint density at radius 1 is 1.29 bits per heavy atom. The van der Waals surface area contributed by atoms with E-state index in [1.807, 2.05) is 39.0 Å². The summed E-state index contributed by atoms with van der Waals surface area (Å²) in [5.74, 6) is 0.418. The van der Waals surface area contributed by atoms with Crippen molar-refractivity contribution in [3.63, 3.8) is 0 Å². The average Bonchev–Trinajstić information content (AvgIpc) is 2.94. The summed E-state index contributed by atoms with van der Waals surface area (Å²) in [6.07, 6.45) is 1.83. The van der Waals surface area contributed by atoms with Crippen LogP contribution < -0.4 is 5.56 Å². The molecule has 3 nitrogen and oxygen atoms in total. The van der Waals surface area contributed by atoms with Crippen LogP contribution in [0.5, 0.6) is 0 Å². The van der Waals surface area contributed by atoms with E-state index in [0.717, 1.165) is 20.1 Å². The maximum Gasteiger partial charge on any atom is 0.260 e. The van der Waals surface area contributed by atoms with Crippen molar-refractivity contribution in [1.82, 2.24) is 9.97 Å². The Morgan fingerprint density at radius 3 is 2.71 bits per heavy atom. The fraction of sp³-hybridized carbons (Fsp3) is 0.200. The molecule has 0 aliphatic carbocycles. The first-order valence-electron chi connectivity index (χ1n) is 6.39. The van der Waals surface area contributed by atoms with Gasteiger partial charge in [-0.15, -0.1) is 22.7 Å². The van der Waals surface area contributed by atoms with Gasteiger partial charge in [0, 0.05) is 14.6 Å². The highest BCUT2D eigenvalue weighted by Gasteiger charge is 2.13. The molecule has 0 bridgehead atoms. The molecule has 0 spiro atoms. The van der Waals surface area contributed by atoms with Gasteiger partial charge in [-0.2, -0.15) is 0 Å². The Kier molecular flexibility index (Phi) is 3.73. The van der Waals surface area contributed by atoms with Gasteiger partial charge in [-0.1, -0.05) is 11.6 Å². The molecule has 1 N–H and O–H groups in total. The molecule has 0 atom stereocenters. The first-order chi connectivity index (χ1) is 9.95. The topological polar surface area (TPSA) is 45.8 Å². The molecule has 0 aromatic carbocycles. The minimum absolute atomic E-state index is 0.134. The van der Waals surface area contributed by atoms with Crippen LogP contribution in [0.2, 0.25) is 0 Å². The van der Waals surface area contributed by atoms with Crippen LogP contribution in [0.4, 0.5) is 0 Å². The van der Waals surface area contributed by atoms with Gasteiger partial charge in [-0.05, 0) is 44.5 Å². The maximum absolute atomic E-state index is 12.2. The molecule has 0 saturated heterocycles. The number of aryl methyl sites for hydroxylation is 3. The van der Waals surface area contributed by atoms with E-state index in [-0.39, 0.29) is 5.56 Å². The van der Waals surface area contributed by atoms with Gasteiger partial charge in [0.15, 0.2) is 5.82 Å². The molecular formula is C15H13ClN2OS2. The number of nitrogens with zero attached hydrogens (tertiary/aromatic N) is 1. The Hall–Kier alpha value is -1.43. The number of aromatic nitrogens is 2. The number of rotatable bonds is 2. The van der Waals surface area contributed by atoms with Gasteiger partial charge in [0.05, 0.1) is 10.4 Å². The number of H-pyrrole nitrogens is 1. The van der Waals surface area contributed by atoms with E-state index in [1.54, 1.807) is 11.3 Å². The van der Waals surface area contributed by atoms with Crippen LogP contribution in [-0.4, -0.2) is 9.97 Å². The smallest absolute Gasteiger partial charge is 0.260 e. The zero-order valence-corrected chi connectivity index (χ0v) is 14.2. The highest BCUT2D eigenvalue weighted by atomic mass is 35.5. The zero-order valence-electron chi connectivity index (χ0n) is 11.8. The highest BCUT2D eigenvalue weighted by molar-refractivity contribution is 7.18. The minimum Gasteiger partial charge on any atom is -0.305 e. The molecule has 3 rings (SSSR count). The Balaban J connectivity index is 2.13. The van der Waals surface area contributed by atoms with Gasteiger partial charge in [-0.3, -0.25) is 4.79 Å². The third kappa shape index (κ3) is 2.69. The van der Waals surface area contributed by atoms with E-state index in [2.05, 4.69) is 9.97 Å². The van der Waals surface area contributed by atoms with Crippen LogP contribution in [0.15, 0.2) is 16.9 Å². The maximum atomic E-state index is 12.2. The molecule has 108 valence electrons. The van der Waals surface area contributed by atoms with Gasteiger partial charge >= 0.3 is 0 Å². The average molecular weight is 337 g/mol. The molecule has 0 unspecified atom stereocenters. The summed E-state index contributed by atoms with van der Waals surface area (Å²) in [7, 11) is 0. The van der Waals surface area contributed by atoms with Crippen LogP contribution in [0.25, 0.3) is 21.3 Å². The lowest BCUT2D eigenvalue weighted by atomic mass is 10.2. The Morgan fingerprint density at radius 2 is 2.05 bits per heavy atom. The predicted molar refractivity (Wildman–Crippen MR) is 92.5 cm³/mol. The van der Waals surface area contributed by atoms with Crippen molar-refractivity contribution < 1.29 is 0 Å². The third-order valence-electron chi connectivity index (χ3n) is 3.30. The van der Waals surface area contributed by atoms with Crippen LogP contribution in [0.1, 0.15) is 26.0 Å². The van der Waals surface area contributed by atoms with Crippen molar-refractivity contribution >= 4 is 55.6 Å². The lowest BCUT2D eigenvalue weighted by Gasteiger charge is -1.99. The van der Waals surface area contributed by atoms with E-state index in [1.165, 1.54) is 16.2 Å². The minimum atomic E-state index is -0.134. The van der Waals surface area contributed by atoms with Crippen molar-refractivity contribution in [2.75, 3.05) is 0 Å². The fourth-order valence-corrected chi connectivity index (χ4v) is 4.21. The van der Waals surface area contributed by atoms with E-state index >= 15 is 0 Å².